The van der Waals surface area contributed by atoms with E-state index in [9.17, 15) is 13.2 Å². The number of carbonyl (C=O) groups is 1. The van der Waals surface area contributed by atoms with Crippen molar-refractivity contribution in [1.82, 2.24) is 5.32 Å². The molecule has 5 nitrogen and oxygen atoms in total. The van der Waals surface area contributed by atoms with Crippen molar-refractivity contribution in [2.45, 2.75) is 51.5 Å². The molecule has 27 heavy (non-hydrogen) atoms. The molecule has 0 bridgehead atoms. The maximum Gasteiger partial charge on any atom is 0.264 e. The van der Waals surface area contributed by atoms with E-state index in [0.717, 1.165) is 24.0 Å². The number of anilines is 1. The Kier molecular flexibility index (Phi) is 7.02. The zero-order valence-corrected chi connectivity index (χ0v) is 17.2. The second-order valence-corrected chi connectivity index (χ2v) is 8.79. The largest absolute Gasteiger partial charge is 0.352 e. The number of carbonyl (C=O) groups excluding carboxylic acids is 1. The van der Waals surface area contributed by atoms with Crippen LogP contribution in [-0.4, -0.2) is 26.9 Å². The number of rotatable bonds is 8. The van der Waals surface area contributed by atoms with Gasteiger partial charge in [0.25, 0.3) is 10.0 Å². The molecule has 1 atom stereocenters. The van der Waals surface area contributed by atoms with Gasteiger partial charge in [0, 0.05) is 6.04 Å². The van der Waals surface area contributed by atoms with Crippen molar-refractivity contribution in [2.24, 2.45) is 0 Å². The third-order valence-corrected chi connectivity index (χ3v) is 6.03. The van der Waals surface area contributed by atoms with E-state index in [1.165, 1.54) is 4.31 Å². The number of nitrogens with one attached hydrogen (secondary N) is 1. The lowest BCUT2D eigenvalue weighted by atomic mass is 10.1. The summed E-state index contributed by atoms with van der Waals surface area (Å²) in [4.78, 5) is 12.7. The number of hydrogen-bond donors (Lipinski definition) is 1. The van der Waals surface area contributed by atoms with Crippen LogP contribution >= 0.6 is 0 Å². The average Bonchev–Trinajstić information content (AvgIpc) is 2.59. The molecule has 0 spiro atoms. The number of hydrogen-bond acceptors (Lipinski definition) is 3. The quantitative estimate of drug-likeness (QED) is 0.748. The van der Waals surface area contributed by atoms with Gasteiger partial charge in [-0.1, -0.05) is 37.6 Å². The number of nitrogens with zero attached hydrogens (tertiary/aromatic N) is 1. The highest BCUT2D eigenvalue weighted by atomic mass is 32.2. The molecular formula is C21H28N2O3S. The van der Waals surface area contributed by atoms with Crippen LogP contribution in [0.3, 0.4) is 0 Å². The first-order valence-electron chi connectivity index (χ1n) is 9.19. The van der Waals surface area contributed by atoms with Crippen LogP contribution in [0.4, 0.5) is 5.69 Å². The summed E-state index contributed by atoms with van der Waals surface area (Å²) < 4.78 is 27.7. The predicted octanol–water partition coefficient (Wildman–Crippen LogP) is 3.80. The van der Waals surface area contributed by atoms with Crippen molar-refractivity contribution in [3.8, 4) is 0 Å². The summed E-state index contributed by atoms with van der Waals surface area (Å²) >= 11 is 0. The molecule has 2 aromatic rings. The van der Waals surface area contributed by atoms with Gasteiger partial charge in [0.15, 0.2) is 0 Å². The number of aryl methyl sites for hydroxylation is 2. The maximum absolute atomic E-state index is 13.2. The van der Waals surface area contributed by atoms with Crippen LogP contribution in [0.1, 0.15) is 37.8 Å². The van der Waals surface area contributed by atoms with E-state index in [2.05, 4.69) is 5.32 Å². The van der Waals surface area contributed by atoms with Gasteiger partial charge in [-0.2, -0.15) is 0 Å². The van der Waals surface area contributed by atoms with E-state index in [1.807, 2.05) is 33.8 Å². The first-order chi connectivity index (χ1) is 12.7. The van der Waals surface area contributed by atoms with Crippen molar-refractivity contribution in [3.05, 3.63) is 59.7 Å². The molecule has 0 saturated carbocycles. The zero-order chi connectivity index (χ0) is 20.0. The summed E-state index contributed by atoms with van der Waals surface area (Å²) in [6.07, 6.45) is 1.80. The van der Waals surface area contributed by atoms with E-state index in [4.69, 9.17) is 0 Å². The summed E-state index contributed by atoms with van der Waals surface area (Å²) in [7, 11) is -3.86. The SMILES string of the molecule is CCC[C@H](C)NC(=O)CN(c1cc(C)cc(C)c1)S(=O)(=O)c1ccccc1. The fraction of sp³-hybridized carbons (Fsp3) is 0.381. The van der Waals surface area contributed by atoms with E-state index < -0.39 is 10.0 Å². The summed E-state index contributed by atoms with van der Waals surface area (Å²) in [5.41, 5.74) is 2.38. The number of sulfonamides is 1. The summed E-state index contributed by atoms with van der Waals surface area (Å²) in [6, 6.07) is 13.8. The lowest BCUT2D eigenvalue weighted by Crippen LogP contribution is -2.43. The second kappa shape index (κ2) is 9.04. The monoisotopic (exact) mass is 388 g/mol. The fourth-order valence-electron chi connectivity index (χ4n) is 3.09. The minimum absolute atomic E-state index is 0.00280. The lowest BCUT2D eigenvalue weighted by molar-refractivity contribution is -0.120. The van der Waals surface area contributed by atoms with Crippen LogP contribution in [0, 0.1) is 13.8 Å². The molecule has 0 aliphatic heterocycles. The molecule has 1 N–H and O–H groups in total. The minimum atomic E-state index is -3.86. The second-order valence-electron chi connectivity index (χ2n) is 6.93. The molecule has 0 fully saturated rings. The van der Waals surface area contributed by atoms with Crippen molar-refractivity contribution in [2.75, 3.05) is 10.8 Å². The maximum atomic E-state index is 13.2. The molecule has 0 saturated heterocycles. The number of amides is 1. The Morgan fingerprint density at radius 2 is 1.67 bits per heavy atom. The van der Waals surface area contributed by atoms with Crippen LogP contribution < -0.4 is 9.62 Å². The molecule has 1 amide bonds. The highest BCUT2D eigenvalue weighted by molar-refractivity contribution is 7.92. The van der Waals surface area contributed by atoms with Crippen LogP contribution in [-0.2, 0) is 14.8 Å². The van der Waals surface area contributed by atoms with Gasteiger partial charge in [0.2, 0.25) is 5.91 Å². The van der Waals surface area contributed by atoms with Crippen molar-refractivity contribution >= 4 is 21.6 Å². The number of benzene rings is 2. The first kappa shape index (κ1) is 21.0. The smallest absolute Gasteiger partial charge is 0.264 e. The molecule has 0 aliphatic rings. The highest BCUT2D eigenvalue weighted by Gasteiger charge is 2.27. The van der Waals surface area contributed by atoms with Crippen LogP contribution in [0.25, 0.3) is 0 Å². The molecule has 2 rings (SSSR count). The first-order valence-corrected chi connectivity index (χ1v) is 10.6. The van der Waals surface area contributed by atoms with Gasteiger partial charge < -0.3 is 5.32 Å². The molecular weight excluding hydrogens is 360 g/mol. The Balaban J connectivity index is 2.41. The Labute approximate surface area is 162 Å². The predicted molar refractivity (Wildman–Crippen MR) is 109 cm³/mol. The summed E-state index contributed by atoms with van der Waals surface area (Å²) in [5.74, 6) is -0.311. The molecule has 0 aromatic heterocycles. The van der Waals surface area contributed by atoms with Gasteiger partial charge in [0.1, 0.15) is 6.54 Å². The summed E-state index contributed by atoms with van der Waals surface area (Å²) in [5, 5.41) is 2.89. The topological polar surface area (TPSA) is 66.5 Å². The standard InChI is InChI=1S/C21H28N2O3S/c1-5-9-18(4)22-21(24)15-23(19-13-16(2)12-17(3)14-19)27(25,26)20-10-7-6-8-11-20/h6-8,10-14,18H,5,9,15H2,1-4H3,(H,22,24)/t18-/m0/s1. The van der Waals surface area contributed by atoms with Gasteiger partial charge in [0.05, 0.1) is 10.6 Å². The Morgan fingerprint density at radius 1 is 1.07 bits per heavy atom. The van der Waals surface area contributed by atoms with Gasteiger partial charge in [-0.25, -0.2) is 8.42 Å². The zero-order valence-electron chi connectivity index (χ0n) is 16.4. The van der Waals surface area contributed by atoms with E-state index in [-0.39, 0.29) is 23.4 Å². The van der Waals surface area contributed by atoms with Gasteiger partial charge in [-0.3, -0.25) is 9.10 Å². The Hall–Kier alpha value is -2.34. The molecule has 0 heterocycles. The van der Waals surface area contributed by atoms with Crippen molar-refractivity contribution in [1.29, 1.82) is 0 Å². The highest BCUT2D eigenvalue weighted by Crippen LogP contribution is 2.25. The minimum Gasteiger partial charge on any atom is -0.352 e. The summed E-state index contributed by atoms with van der Waals surface area (Å²) in [6.45, 7) is 7.53. The normalized spacial score (nSPS) is 12.4. The molecule has 0 unspecified atom stereocenters. The fourth-order valence-corrected chi connectivity index (χ4v) is 4.51. The van der Waals surface area contributed by atoms with E-state index >= 15 is 0 Å². The van der Waals surface area contributed by atoms with Crippen LogP contribution in [0.5, 0.6) is 0 Å². The van der Waals surface area contributed by atoms with Crippen molar-refractivity contribution in [3.63, 3.8) is 0 Å². The van der Waals surface area contributed by atoms with E-state index in [0.29, 0.717) is 5.69 Å². The molecule has 0 aliphatic carbocycles. The van der Waals surface area contributed by atoms with E-state index in [1.54, 1.807) is 42.5 Å². The Morgan fingerprint density at radius 3 is 2.22 bits per heavy atom. The average molecular weight is 389 g/mol. The van der Waals surface area contributed by atoms with Gasteiger partial charge in [-0.15, -0.1) is 0 Å². The van der Waals surface area contributed by atoms with Gasteiger partial charge in [-0.05, 0) is 62.6 Å². The molecule has 146 valence electrons. The Bertz CT molecular complexity index is 859. The molecule has 6 heteroatoms. The van der Waals surface area contributed by atoms with Crippen LogP contribution in [0.15, 0.2) is 53.4 Å². The van der Waals surface area contributed by atoms with Crippen LogP contribution in [0.2, 0.25) is 0 Å². The lowest BCUT2D eigenvalue weighted by Gasteiger charge is -2.25. The molecule has 0 radical (unpaired) electrons. The third-order valence-electron chi connectivity index (χ3n) is 4.24. The molecule has 2 aromatic carbocycles. The third kappa shape index (κ3) is 5.57. The van der Waals surface area contributed by atoms with Gasteiger partial charge >= 0.3 is 0 Å². The van der Waals surface area contributed by atoms with Crippen molar-refractivity contribution < 1.29 is 13.2 Å².